The van der Waals surface area contributed by atoms with E-state index in [0.29, 0.717) is 5.02 Å². The second kappa shape index (κ2) is 3.64. The SMILES string of the molecule is CC(C)(C)C(N)c1ncccc1Cl. The van der Waals surface area contributed by atoms with E-state index in [1.807, 2.05) is 6.07 Å². The van der Waals surface area contributed by atoms with Gasteiger partial charge in [0.25, 0.3) is 0 Å². The minimum atomic E-state index is -0.124. The van der Waals surface area contributed by atoms with Crippen LogP contribution in [0.15, 0.2) is 18.3 Å². The molecule has 1 atom stereocenters. The number of rotatable bonds is 1. The summed E-state index contributed by atoms with van der Waals surface area (Å²) in [5.74, 6) is 0. The van der Waals surface area contributed by atoms with E-state index in [0.717, 1.165) is 5.69 Å². The van der Waals surface area contributed by atoms with Crippen LogP contribution in [0, 0.1) is 5.41 Å². The Balaban J connectivity index is 3.02. The number of nitrogens with zero attached hydrogens (tertiary/aromatic N) is 1. The Morgan fingerprint density at radius 2 is 2.08 bits per heavy atom. The first-order chi connectivity index (χ1) is 5.93. The van der Waals surface area contributed by atoms with E-state index in [1.165, 1.54) is 0 Å². The molecule has 0 aromatic carbocycles. The van der Waals surface area contributed by atoms with Crippen molar-refractivity contribution in [1.82, 2.24) is 4.98 Å². The summed E-state index contributed by atoms with van der Waals surface area (Å²) in [5.41, 5.74) is 6.78. The van der Waals surface area contributed by atoms with E-state index < -0.39 is 0 Å². The van der Waals surface area contributed by atoms with Crippen LogP contribution in [0.1, 0.15) is 32.5 Å². The summed E-state index contributed by atoms with van der Waals surface area (Å²) >= 11 is 5.98. The van der Waals surface area contributed by atoms with Crippen molar-refractivity contribution < 1.29 is 0 Å². The second-order valence-corrected chi connectivity index (χ2v) is 4.62. The maximum atomic E-state index is 6.03. The molecule has 3 heteroatoms. The molecule has 0 saturated heterocycles. The van der Waals surface area contributed by atoms with Gasteiger partial charge in [0.05, 0.1) is 16.8 Å². The molecule has 0 aliphatic rings. The van der Waals surface area contributed by atoms with Crippen molar-refractivity contribution in [2.45, 2.75) is 26.8 Å². The smallest absolute Gasteiger partial charge is 0.0762 e. The van der Waals surface area contributed by atoms with Gasteiger partial charge in [0.1, 0.15) is 0 Å². The average Bonchev–Trinajstić information content (AvgIpc) is 2.02. The third-order valence-electron chi connectivity index (χ3n) is 2.01. The van der Waals surface area contributed by atoms with E-state index >= 15 is 0 Å². The molecule has 0 amide bonds. The molecule has 13 heavy (non-hydrogen) atoms. The fraction of sp³-hybridized carbons (Fsp3) is 0.500. The molecule has 1 aromatic heterocycles. The van der Waals surface area contributed by atoms with Crippen LogP contribution in [-0.4, -0.2) is 4.98 Å². The Labute approximate surface area is 84.1 Å². The molecule has 1 rings (SSSR count). The highest BCUT2D eigenvalue weighted by molar-refractivity contribution is 6.31. The average molecular weight is 199 g/mol. The van der Waals surface area contributed by atoms with Gasteiger partial charge in [0.2, 0.25) is 0 Å². The van der Waals surface area contributed by atoms with Gasteiger partial charge in [0, 0.05) is 6.20 Å². The van der Waals surface area contributed by atoms with Gasteiger partial charge in [-0.05, 0) is 17.5 Å². The van der Waals surface area contributed by atoms with Gasteiger partial charge in [-0.2, -0.15) is 0 Å². The lowest BCUT2D eigenvalue weighted by atomic mass is 9.85. The predicted octanol–water partition coefficient (Wildman–Crippen LogP) is 2.78. The first-order valence-electron chi connectivity index (χ1n) is 4.29. The molecule has 0 saturated carbocycles. The second-order valence-electron chi connectivity index (χ2n) is 4.21. The zero-order valence-electron chi connectivity index (χ0n) is 8.21. The molecule has 0 radical (unpaired) electrons. The van der Waals surface area contributed by atoms with Crippen molar-refractivity contribution in [3.63, 3.8) is 0 Å². The number of halogens is 1. The monoisotopic (exact) mass is 198 g/mol. The van der Waals surface area contributed by atoms with Crippen molar-refractivity contribution in [2.24, 2.45) is 11.1 Å². The van der Waals surface area contributed by atoms with Crippen LogP contribution in [0.25, 0.3) is 0 Å². The molecular weight excluding hydrogens is 184 g/mol. The summed E-state index contributed by atoms with van der Waals surface area (Å²) in [6.45, 7) is 6.22. The number of pyridine rings is 1. The number of hydrogen-bond acceptors (Lipinski definition) is 2. The largest absolute Gasteiger partial charge is 0.322 e. The highest BCUT2D eigenvalue weighted by Gasteiger charge is 2.24. The maximum absolute atomic E-state index is 6.03. The quantitative estimate of drug-likeness (QED) is 0.754. The molecule has 2 nitrogen and oxygen atoms in total. The summed E-state index contributed by atoms with van der Waals surface area (Å²) in [5, 5.41) is 0.643. The molecule has 0 spiro atoms. The van der Waals surface area contributed by atoms with Gasteiger partial charge in [0.15, 0.2) is 0 Å². The number of hydrogen-bond donors (Lipinski definition) is 1. The summed E-state index contributed by atoms with van der Waals surface area (Å²) < 4.78 is 0. The molecule has 0 aliphatic heterocycles. The zero-order valence-corrected chi connectivity index (χ0v) is 8.97. The van der Waals surface area contributed by atoms with Crippen molar-refractivity contribution in [1.29, 1.82) is 0 Å². The molecule has 72 valence electrons. The first-order valence-corrected chi connectivity index (χ1v) is 4.66. The molecule has 1 unspecified atom stereocenters. The minimum Gasteiger partial charge on any atom is -0.322 e. The molecule has 0 bridgehead atoms. The van der Waals surface area contributed by atoms with Crippen molar-refractivity contribution >= 4 is 11.6 Å². The van der Waals surface area contributed by atoms with Gasteiger partial charge in [-0.15, -0.1) is 0 Å². The van der Waals surface area contributed by atoms with E-state index in [4.69, 9.17) is 17.3 Å². The van der Waals surface area contributed by atoms with Crippen LogP contribution in [0.2, 0.25) is 5.02 Å². The van der Waals surface area contributed by atoms with Crippen LogP contribution < -0.4 is 5.73 Å². The summed E-state index contributed by atoms with van der Waals surface area (Å²) in [6, 6.07) is 3.50. The fourth-order valence-corrected chi connectivity index (χ4v) is 1.28. The van der Waals surface area contributed by atoms with Gasteiger partial charge >= 0.3 is 0 Å². The third-order valence-corrected chi connectivity index (χ3v) is 2.33. The van der Waals surface area contributed by atoms with Gasteiger partial charge in [-0.3, -0.25) is 4.98 Å². The Bertz CT molecular complexity index is 291. The highest BCUT2D eigenvalue weighted by Crippen LogP contribution is 2.32. The molecule has 1 aromatic rings. The van der Waals surface area contributed by atoms with Crippen molar-refractivity contribution in [2.75, 3.05) is 0 Å². The summed E-state index contributed by atoms with van der Waals surface area (Å²) in [6.07, 6.45) is 1.72. The molecule has 2 N–H and O–H groups in total. The highest BCUT2D eigenvalue weighted by atomic mass is 35.5. The number of aromatic nitrogens is 1. The van der Waals surface area contributed by atoms with Gasteiger partial charge in [-0.25, -0.2) is 0 Å². The molecule has 0 aliphatic carbocycles. The topological polar surface area (TPSA) is 38.9 Å². The predicted molar refractivity (Wildman–Crippen MR) is 55.6 cm³/mol. The molecule has 0 fully saturated rings. The standard InChI is InChI=1S/C10H15ClN2/c1-10(2,3)9(12)8-7(11)5-4-6-13-8/h4-6,9H,12H2,1-3H3. The Morgan fingerprint density at radius 1 is 1.46 bits per heavy atom. The molecular formula is C10H15ClN2. The minimum absolute atomic E-state index is 0.0159. The van der Waals surface area contributed by atoms with Crippen molar-refractivity contribution in [3.8, 4) is 0 Å². The normalized spacial score (nSPS) is 14.2. The van der Waals surface area contributed by atoms with Crippen LogP contribution >= 0.6 is 11.6 Å². The summed E-state index contributed by atoms with van der Waals surface area (Å²) in [4.78, 5) is 4.19. The van der Waals surface area contributed by atoms with Crippen LogP contribution in [0.5, 0.6) is 0 Å². The number of nitrogens with two attached hydrogens (primary N) is 1. The Kier molecular flexibility index (Phi) is 2.94. The van der Waals surface area contributed by atoms with Crippen LogP contribution in [0.3, 0.4) is 0 Å². The summed E-state index contributed by atoms with van der Waals surface area (Å²) in [7, 11) is 0. The Hall–Kier alpha value is -0.600. The lowest BCUT2D eigenvalue weighted by Crippen LogP contribution is -2.27. The zero-order chi connectivity index (χ0) is 10.1. The van der Waals surface area contributed by atoms with E-state index in [2.05, 4.69) is 25.8 Å². The lowest BCUT2D eigenvalue weighted by Gasteiger charge is -2.26. The van der Waals surface area contributed by atoms with E-state index in [1.54, 1.807) is 12.3 Å². The molecule has 1 heterocycles. The van der Waals surface area contributed by atoms with Crippen LogP contribution in [-0.2, 0) is 0 Å². The first kappa shape index (κ1) is 10.5. The van der Waals surface area contributed by atoms with Crippen LogP contribution in [0.4, 0.5) is 0 Å². The van der Waals surface area contributed by atoms with E-state index in [9.17, 15) is 0 Å². The fourth-order valence-electron chi connectivity index (χ4n) is 1.04. The van der Waals surface area contributed by atoms with Gasteiger partial charge < -0.3 is 5.73 Å². The van der Waals surface area contributed by atoms with Crippen molar-refractivity contribution in [3.05, 3.63) is 29.0 Å². The van der Waals surface area contributed by atoms with Gasteiger partial charge in [-0.1, -0.05) is 32.4 Å². The maximum Gasteiger partial charge on any atom is 0.0762 e. The van der Waals surface area contributed by atoms with E-state index in [-0.39, 0.29) is 11.5 Å². The Morgan fingerprint density at radius 3 is 2.54 bits per heavy atom. The third kappa shape index (κ3) is 2.42. The lowest BCUT2D eigenvalue weighted by molar-refractivity contribution is 0.321.